The van der Waals surface area contributed by atoms with Gasteiger partial charge >= 0.3 is 31.3 Å². The molecule has 1 saturated heterocycles. The predicted octanol–water partition coefficient (Wildman–Crippen LogP) is -5.57. The lowest BCUT2D eigenvalue weighted by atomic mass is 10.1. The molecule has 16 N–H and O–H groups in total. The minimum absolute atomic E-state index is 0.167. The van der Waals surface area contributed by atoms with Crippen LogP contribution >= 0.6 is 31.3 Å². The highest BCUT2D eigenvalue weighted by molar-refractivity contribution is 7.45. The number of rotatable bonds is 2. The molecule has 3 rings (SSSR count). The summed E-state index contributed by atoms with van der Waals surface area (Å²) in [4.78, 5) is 97.7. The normalized spacial score (nSPS) is 21.2. The van der Waals surface area contributed by atoms with Crippen LogP contribution in [0.2, 0.25) is 0 Å². The molecular formula is C10H24N4O21P4. The van der Waals surface area contributed by atoms with Gasteiger partial charge in [0.05, 0.1) is 12.9 Å². The maximum atomic E-state index is 9.92. The van der Waals surface area contributed by atoms with Crippen LogP contribution in [0.25, 0.3) is 11.2 Å². The highest BCUT2D eigenvalue weighted by atomic mass is 31.2. The Kier molecular flexibility index (Phi) is 16.5. The van der Waals surface area contributed by atoms with Gasteiger partial charge in [-0.3, -0.25) is 4.57 Å². The number of aliphatic hydroxyl groups is 3. The highest BCUT2D eigenvalue weighted by Crippen LogP contribution is 2.32. The van der Waals surface area contributed by atoms with Gasteiger partial charge in [0.15, 0.2) is 17.4 Å². The molecule has 0 saturated carbocycles. The number of aliphatic hydroxyl groups excluding tert-OH is 3. The fraction of sp³-hybridized carbons (Fsp3) is 0.500. The summed E-state index contributed by atoms with van der Waals surface area (Å²) in [6.45, 7) is -0.415. The van der Waals surface area contributed by atoms with Crippen molar-refractivity contribution in [2.45, 2.75) is 24.5 Å². The van der Waals surface area contributed by atoms with Gasteiger partial charge in [-0.2, -0.15) is 4.98 Å². The molecule has 1 aliphatic heterocycles. The van der Waals surface area contributed by atoms with Crippen molar-refractivity contribution in [3.8, 4) is 5.88 Å². The van der Waals surface area contributed by atoms with Gasteiger partial charge in [-0.15, -0.1) is 0 Å². The van der Waals surface area contributed by atoms with Crippen molar-refractivity contribution >= 4 is 42.5 Å². The van der Waals surface area contributed by atoms with Crippen LogP contribution in [0.4, 0.5) is 0 Å². The molecule has 0 amide bonds. The minimum Gasteiger partial charge on any atom is -0.492 e. The molecule has 0 bridgehead atoms. The Labute approximate surface area is 214 Å². The monoisotopic (exact) mass is 660 g/mol. The van der Waals surface area contributed by atoms with Crippen molar-refractivity contribution in [1.29, 1.82) is 0 Å². The SMILES string of the molecule is O=P(O)(O)O.O=P(O)(O)O.O=P(O)(O)O.O=P(O)(O)O.OC[C@H]1O[C@@H](n2cnc3c(O)ncnc32)[C@H](O)[C@@H]1O. The molecule has 1 aliphatic rings. The summed E-state index contributed by atoms with van der Waals surface area (Å²) in [5.41, 5.74) is 0.433. The summed E-state index contributed by atoms with van der Waals surface area (Å²) in [5.74, 6) is -0.282. The first-order valence-electron chi connectivity index (χ1n) is 8.75. The summed E-state index contributed by atoms with van der Waals surface area (Å²) < 4.78 is 42.3. The summed E-state index contributed by atoms with van der Waals surface area (Å²) in [6, 6.07) is 0. The van der Waals surface area contributed by atoms with E-state index in [1.54, 1.807) is 0 Å². The van der Waals surface area contributed by atoms with Gasteiger partial charge in [-0.05, 0) is 0 Å². The van der Waals surface area contributed by atoms with Gasteiger partial charge in [0.1, 0.15) is 24.6 Å². The van der Waals surface area contributed by atoms with Crippen LogP contribution in [0, 0.1) is 0 Å². The van der Waals surface area contributed by atoms with E-state index >= 15 is 0 Å². The molecule has 2 aromatic rings. The Morgan fingerprint density at radius 2 is 1.10 bits per heavy atom. The molecule has 4 atom stereocenters. The number of aromatic nitrogens is 4. The Morgan fingerprint density at radius 3 is 1.44 bits per heavy atom. The van der Waals surface area contributed by atoms with E-state index in [2.05, 4.69) is 15.0 Å². The minimum atomic E-state index is -4.64. The number of ether oxygens (including phenoxy) is 1. The first kappa shape index (κ1) is 39.8. The molecule has 0 radical (unpaired) electrons. The molecule has 0 aliphatic carbocycles. The topological polar surface area (TPSA) is 445 Å². The van der Waals surface area contributed by atoms with Crippen LogP contribution in [0.1, 0.15) is 6.23 Å². The van der Waals surface area contributed by atoms with Crippen LogP contribution in [-0.4, -0.2) is 124 Å². The van der Waals surface area contributed by atoms with Gasteiger partial charge in [-0.1, -0.05) is 0 Å². The molecule has 230 valence electrons. The van der Waals surface area contributed by atoms with Crippen molar-refractivity contribution in [1.82, 2.24) is 19.5 Å². The fourth-order valence-corrected chi connectivity index (χ4v) is 2.14. The number of hydrogen-bond donors (Lipinski definition) is 16. The average Bonchev–Trinajstić information content (AvgIpc) is 3.19. The predicted molar refractivity (Wildman–Crippen MR) is 117 cm³/mol. The van der Waals surface area contributed by atoms with Crippen molar-refractivity contribution in [2.75, 3.05) is 6.61 Å². The van der Waals surface area contributed by atoms with Crippen molar-refractivity contribution in [3.05, 3.63) is 12.7 Å². The second-order valence-electron chi connectivity index (χ2n) is 6.30. The van der Waals surface area contributed by atoms with E-state index in [4.69, 9.17) is 86.8 Å². The molecular weight excluding hydrogens is 636 g/mol. The van der Waals surface area contributed by atoms with Gasteiger partial charge in [-0.25, -0.2) is 28.2 Å². The van der Waals surface area contributed by atoms with E-state index in [1.807, 2.05) is 0 Å². The molecule has 25 nitrogen and oxygen atoms in total. The quantitative estimate of drug-likeness (QED) is 0.133. The summed E-state index contributed by atoms with van der Waals surface area (Å²) in [5, 5.41) is 38.2. The number of imidazole rings is 1. The summed E-state index contributed by atoms with van der Waals surface area (Å²) in [6.07, 6.45) is -1.79. The largest absolute Gasteiger partial charge is 0.492 e. The second kappa shape index (κ2) is 16.2. The van der Waals surface area contributed by atoms with Crippen LogP contribution in [-0.2, 0) is 23.0 Å². The van der Waals surface area contributed by atoms with Gasteiger partial charge < -0.3 is 83.9 Å². The average molecular weight is 660 g/mol. The Morgan fingerprint density at radius 1 is 0.718 bits per heavy atom. The second-order valence-corrected chi connectivity index (χ2v) is 10.4. The first-order valence-corrected chi connectivity index (χ1v) is 15.0. The first-order chi connectivity index (χ1) is 17.1. The zero-order valence-corrected chi connectivity index (χ0v) is 22.0. The number of fused-ring (bicyclic) bond motifs is 1. The van der Waals surface area contributed by atoms with Gasteiger partial charge in [0.25, 0.3) is 0 Å². The lowest BCUT2D eigenvalue weighted by Crippen LogP contribution is -2.33. The lowest BCUT2D eigenvalue weighted by molar-refractivity contribution is -0.0511. The number of hydrogen-bond acceptors (Lipinski definition) is 12. The Hall–Kier alpha value is -1.37. The van der Waals surface area contributed by atoms with Crippen molar-refractivity contribution in [2.24, 2.45) is 0 Å². The number of phosphoric acid groups is 4. The van der Waals surface area contributed by atoms with E-state index in [0.29, 0.717) is 0 Å². The van der Waals surface area contributed by atoms with Gasteiger partial charge in [0.2, 0.25) is 5.88 Å². The van der Waals surface area contributed by atoms with Crippen LogP contribution < -0.4 is 0 Å². The van der Waals surface area contributed by atoms with E-state index in [1.165, 1.54) is 10.9 Å². The van der Waals surface area contributed by atoms with Crippen LogP contribution in [0.5, 0.6) is 5.88 Å². The van der Waals surface area contributed by atoms with Crippen LogP contribution in [0.15, 0.2) is 12.7 Å². The molecule has 3 heterocycles. The highest BCUT2D eigenvalue weighted by Gasteiger charge is 2.44. The van der Waals surface area contributed by atoms with Crippen molar-refractivity contribution in [3.63, 3.8) is 0 Å². The molecule has 0 unspecified atom stereocenters. The van der Waals surface area contributed by atoms with E-state index in [0.717, 1.165) is 6.33 Å². The number of nitrogens with zero attached hydrogens (tertiary/aromatic N) is 4. The standard InChI is InChI=1S/C10H12N4O5.4H3O4P/c15-1-4-6(16)7(17)10(19-4)14-3-13-5-8(14)11-2-12-9(5)18;4*1-5(2,3)4/h2-4,6-7,10,15-17H,1H2,(H,11,12,18);4*(H3,1,2,3,4)/t4-,6-,7-,10-;;;;/m1..../s1. The van der Waals surface area contributed by atoms with Crippen molar-refractivity contribution < 1.29 is 102 Å². The fourth-order valence-electron chi connectivity index (χ4n) is 2.14. The molecule has 39 heavy (non-hydrogen) atoms. The summed E-state index contributed by atoms with van der Waals surface area (Å²) >= 11 is 0. The van der Waals surface area contributed by atoms with E-state index < -0.39 is 62.4 Å². The zero-order chi connectivity index (χ0) is 31.6. The van der Waals surface area contributed by atoms with Gasteiger partial charge in [0, 0.05) is 0 Å². The Balaban J connectivity index is 0. The molecule has 2 aromatic heterocycles. The van der Waals surface area contributed by atoms with E-state index in [9.17, 15) is 15.3 Å². The number of aromatic hydroxyl groups is 1. The summed E-state index contributed by atoms with van der Waals surface area (Å²) in [7, 11) is -18.6. The molecule has 29 heteroatoms. The Bertz CT molecular complexity index is 1090. The lowest BCUT2D eigenvalue weighted by Gasteiger charge is -2.16. The van der Waals surface area contributed by atoms with E-state index in [-0.39, 0.29) is 17.0 Å². The molecule has 0 spiro atoms. The third kappa shape index (κ3) is 23.1. The molecule has 1 fully saturated rings. The molecule has 0 aromatic carbocycles. The maximum absolute atomic E-state index is 9.92. The third-order valence-corrected chi connectivity index (χ3v) is 3.13. The third-order valence-electron chi connectivity index (χ3n) is 3.13. The maximum Gasteiger partial charge on any atom is 0.466 e. The zero-order valence-electron chi connectivity index (χ0n) is 18.4. The van der Waals surface area contributed by atoms with Crippen LogP contribution in [0.3, 0.4) is 0 Å². The smallest absolute Gasteiger partial charge is 0.466 e.